The Kier molecular flexibility index (Phi) is 20.9. The molecule has 0 bridgehead atoms. The van der Waals surface area contributed by atoms with Crippen molar-refractivity contribution in [2.45, 2.75) is 54.0 Å². The molecule has 1 atom stereocenters. The lowest BCUT2D eigenvalue weighted by Gasteiger charge is -2.18. The van der Waals surface area contributed by atoms with Gasteiger partial charge in [-0.1, -0.05) is 53.7 Å². The van der Waals surface area contributed by atoms with Gasteiger partial charge in [0.25, 0.3) is 0 Å². The number of aromatic hydroxyl groups is 1. The summed E-state index contributed by atoms with van der Waals surface area (Å²) in [5.41, 5.74) is 1.05. The van der Waals surface area contributed by atoms with Crippen LogP contribution in [0.5, 0.6) is 5.75 Å². The second-order valence-corrected chi connectivity index (χ2v) is 3.54. The fourth-order valence-corrected chi connectivity index (χ4v) is 1.23. The van der Waals surface area contributed by atoms with E-state index in [4.69, 9.17) is 5.11 Å². The Morgan fingerprint density at radius 3 is 1.70 bits per heavy atom. The molecule has 0 amide bonds. The summed E-state index contributed by atoms with van der Waals surface area (Å²) in [5, 5.41) is 9.08. The molecule has 0 spiro atoms. The Morgan fingerprint density at radius 1 is 1.00 bits per heavy atom. The minimum absolute atomic E-state index is 0.0976. The molecule has 0 radical (unpaired) electrons. The van der Waals surface area contributed by atoms with Gasteiger partial charge in [0.2, 0.25) is 0 Å². The van der Waals surface area contributed by atoms with Gasteiger partial charge in [0.15, 0.2) is 0 Å². The normalized spacial score (nSPS) is 9.85. The molecule has 1 aromatic carbocycles. The maximum absolute atomic E-state index is 10.7. The second-order valence-electron chi connectivity index (χ2n) is 3.54. The number of carbonyl (C=O) groups excluding carboxylic acids is 1. The number of aldehydes is 1. The van der Waals surface area contributed by atoms with E-state index in [-0.39, 0.29) is 11.8 Å². The summed E-state index contributed by atoms with van der Waals surface area (Å²) < 4.78 is 0. The molecule has 0 saturated heterocycles. The van der Waals surface area contributed by atoms with Crippen molar-refractivity contribution in [3.05, 3.63) is 29.8 Å². The third-order valence-electron chi connectivity index (χ3n) is 2.20. The maximum Gasteiger partial charge on any atom is 0.137 e. The van der Waals surface area contributed by atoms with Gasteiger partial charge < -0.3 is 9.90 Å². The minimum Gasteiger partial charge on any atom is -0.508 e. The van der Waals surface area contributed by atoms with Crippen molar-refractivity contribution in [2.24, 2.45) is 0 Å². The van der Waals surface area contributed by atoms with Gasteiger partial charge in [-0.25, -0.2) is 0 Å². The fourth-order valence-electron chi connectivity index (χ4n) is 1.23. The van der Waals surface area contributed by atoms with Gasteiger partial charge in [-0.05, 0) is 38.2 Å². The molecule has 0 saturated carbocycles. The van der Waals surface area contributed by atoms with E-state index < -0.39 is 0 Å². The van der Waals surface area contributed by atoms with Gasteiger partial charge in [0.05, 0.1) is 6.04 Å². The third-order valence-corrected chi connectivity index (χ3v) is 2.20. The number of benzene rings is 1. The van der Waals surface area contributed by atoms with Crippen LogP contribution < -0.4 is 0 Å². The zero-order valence-electron chi connectivity index (χ0n) is 14.5. The summed E-state index contributed by atoms with van der Waals surface area (Å²) in [4.78, 5) is 12.6. The molecule has 20 heavy (non-hydrogen) atoms. The molecule has 0 aliphatic heterocycles. The lowest BCUT2D eigenvalue weighted by atomic mass is 10.1. The zero-order chi connectivity index (χ0) is 16.6. The standard InChI is InChI=1S/C11H15NO2.3C2H6/c1-12(2)10(8-13)7-9-3-5-11(14)6-4-9;3*1-2/h3-6,8,10,14H,7H2,1-2H3;3*1-2H3. The van der Waals surface area contributed by atoms with Crippen molar-refractivity contribution in [1.82, 2.24) is 4.90 Å². The van der Waals surface area contributed by atoms with Gasteiger partial charge in [-0.3, -0.25) is 4.90 Å². The Hall–Kier alpha value is -1.35. The van der Waals surface area contributed by atoms with Crippen molar-refractivity contribution >= 4 is 6.29 Å². The molecule has 118 valence electrons. The molecule has 1 unspecified atom stereocenters. The van der Waals surface area contributed by atoms with Crippen LogP contribution >= 0.6 is 0 Å². The molecular formula is C17H33NO2. The van der Waals surface area contributed by atoms with Gasteiger partial charge in [-0.15, -0.1) is 0 Å². The van der Waals surface area contributed by atoms with Gasteiger partial charge in [0, 0.05) is 0 Å². The van der Waals surface area contributed by atoms with Crippen molar-refractivity contribution < 1.29 is 9.90 Å². The quantitative estimate of drug-likeness (QED) is 0.844. The average molecular weight is 283 g/mol. The van der Waals surface area contributed by atoms with E-state index in [1.54, 1.807) is 12.1 Å². The van der Waals surface area contributed by atoms with E-state index in [1.165, 1.54) is 0 Å². The number of phenols is 1. The van der Waals surface area contributed by atoms with Crippen LogP contribution in [0.2, 0.25) is 0 Å². The van der Waals surface area contributed by atoms with E-state index in [0.29, 0.717) is 6.42 Å². The average Bonchev–Trinajstić information content (AvgIpc) is 2.52. The van der Waals surface area contributed by atoms with Crippen LogP contribution in [0.15, 0.2) is 24.3 Å². The third kappa shape index (κ3) is 11.7. The molecule has 1 aromatic rings. The highest BCUT2D eigenvalue weighted by Crippen LogP contribution is 2.11. The van der Waals surface area contributed by atoms with Gasteiger partial charge in [0.1, 0.15) is 12.0 Å². The molecule has 0 aromatic heterocycles. The van der Waals surface area contributed by atoms with Crippen molar-refractivity contribution in [3.63, 3.8) is 0 Å². The van der Waals surface area contributed by atoms with Crippen molar-refractivity contribution in [3.8, 4) is 5.75 Å². The predicted octanol–water partition coefficient (Wildman–Crippen LogP) is 4.14. The number of hydrogen-bond donors (Lipinski definition) is 1. The van der Waals surface area contributed by atoms with E-state index in [1.807, 2.05) is 72.7 Å². The van der Waals surface area contributed by atoms with E-state index >= 15 is 0 Å². The summed E-state index contributed by atoms with van der Waals surface area (Å²) in [6.45, 7) is 12.0. The van der Waals surface area contributed by atoms with Gasteiger partial charge >= 0.3 is 0 Å². The van der Waals surface area contributed by atoms with E-state index in [2.05, 4.69) is 0 Å². The molecule has 0 aliphatic rings. The summed E-state index contributed by atoms with van der Waals surface area (Å²) >= 11 is 0. The van der Waals surface area contributed by atoms with Crippen LogP contribution in [0.1, 0.15) is 47.1 Å². The number of phenolic OH excluding ortho intramolecular Hbond substituents is 1. The molecule has 0 aliphatic carbocycles. The van der Waals surface area contributed by atoms with Crippen LogP contribution in [0, 0.1) is 0 Å². The summed E-state index contributed by atoms with van der Waals surface area (Å²) in [7, 11) is 3.75. The first-order valence-electron chi connectivity index (χ1n) is 7.53. The lowest BCUT2D eigenvalue weighted by Crippen LogP contribution is -2.31. The van der Waals surface area contributed by atoms with E-state index in [0.717, 1.165) is 11.8 Å². The smallest absolute Gasteiger partial charge is 0.137 e. The highest BCUT2D eigenvalue weighted by Gasteiger charge is 2.10. The number of rotatable bonds is 4. The number of hydrogen-bond acceptors (Lipinski definition) is 3. The molecule has 3 nitrogen and oxygen atoms in total. The van der Waals surface area contributed by atoms with Crippen LogP contribution in [0.3, 0.4) is 0 Å². The Bertz CT molecular complexity index is 294. The highest BCUT2D eigenvalue weighted by molar-refractivity contribution is 5.58. The Morgan fingerprint density at radius 2 is 1.40 bits per heavy atom. The molecule has 3 heteroatoms. The SMILES string of the molecule is CC.CC.CC.CN(C)C(C=O)Cc1ccc(O)cc1. The Labute approximate surface area is 125 Å². The Balaban J connectivity index is -0.000000425. The first-order chi connectivity index (χ1) is 9.63. The van der Waals surface area contributed by atoms with E-state index in [9.17, 15) is 4.79 Å². The zero-order valence-corrected chi connectivity index (χ0v) is 14.5. The summed E-state index contributed by atoms with van der Waals surface area (Å²) in [6, 6.07) is 6.82. The molecule has 0 fully saturated rings. The highest BCUT2D eigenvalue weighted by atomic mass is 16.3. The molecular weight excluding hydrogens is 250 g/mol. The number of likely N-dealkylation sites (N-methyl/N-ethyl adjacent to an activating group) is 1. The predicted molar refractivity (Wildman–Crippen MR) is 89.4 cm³/mol. The molecule has 1 N–H and O–H groups in total. The van der Waals surface area contributed by atoms with Crippen molar-refractivity contribution in [1.29, 1.82) is 0 Å². The largest absolute Gasteiger partial charge is 0.508 e. The van der Waals surface area contributed by atoms with Gasteiger partial charge in [-0.2, -0.15) is 0 Å². The first kappa shape index (κ1) is 23.7. The topological polar surface area (TPSA) is 40.5 Å². The van der Waals surface area contributed by atoms with Crippen LogP contribution in [-0.4, -0.2) is 36.4 Å². The molecule has 1 rings (SSSR count). The van der Waals surface area contributed by atoms with Crippen LogP contribution in [0.4, 0.5) is 0 Å². The van der Waals surface area contributed by atoms with Crippen molar-refractivity contribution in [2.75, 3.05) is 14.1 Å². The lowest BCUT2D eigenvalue weighted by molar-refractivity contribution is -0.111. The maximum atomic E-state index is 10.7. The number of carbonyl (C=O) groups is 1. The fraction of sp³-hybridized carbons (Fsp3) is 0.588. The summed E-state index contributed by atoms with van der Waals surface area (Å²) in [6.07, 6.45) is 1.61. The summed E-state index contributed by atoms with van der Waals surface area (Å²) in [5.74, 6) is 0.251. The number of nitrogens with zero attached hydrogens (tertiary/aromatic N) is 1. The molecule has 0 heterocycles. The second kappa shape index (κ2) is 17.6. The monoisotopic (exact) mass is 283 g/mol. The van der Waals surface area contributed by atoms with Crippen LogP contribution in [0.25, 0.3) is 0 Å². The minimum atomic E-state index is -0.0976. The van der Waals surface area contributed by atoms with Crippen LogP contribution in [-0.2, 0) is 11.2 Å². The first-order valence-corrected chi connectivity index (χ1v) is 7.53.